The van der Waals surface area contributed by atoms with Crippen molar-refractivity contribution >= 4 is 29.1 Å². The van der Waals surface area contributed by atoms with E-state index in [1.54, 1.807) is 0 Å². The summed E-state index contributed by atoms with van der Waals surface area (Å²) in [5, 5.41) is 3.48. The molecule has 1 atom stereocenters. The average Bonchev–Trinajstić information content (AvgIpc) is 2.87. The van der Waals surface area contributed by atoms with E-state index in [1.807, 2.05) is 0 Å². The van der Waals surface area contributed by atoms with Gasteiger partial charge in [0.2, 0.25) is 11.8 Å². The molecular weight excluding hydrogens is 288 g/mol. The van der Waals surface area contributed by atoms with Gasteiger partial charge >= 0.3 is 0 Å². The van der Waals surface area contributed by atoms with Crippen molar-refractivity contribution in [2.75, 3.05) is 5.43 Å². The molecule has 2 rings (SSSR count). The normalized spacial score (nSPS) is 16.8. The number of nitrogen functional groups attached to an aromatic ring is 1. The largest absolute Gasteiger partial charge is 0.323 e. The van der Waals surface area contributed by atoms with Crippen LogP contribution in [0.25, 0.3) is 0 Å². The number of likely N-dealkylation sites (tertiary alicyclic amines) is 1. The molecule has 2 heterocycles. The molecule has 2 amide bonds. The van der Waals surface area contributed by atoms with E-state index in [-0.39, 0.29) is 24.1 Å². The maximum absolute atomic E-state index is 12.6. The number of rotatable bonds is 5. The van der Waals surface area contributed by atoms with Crippen LogP contribution in [0, 0.1) is 0 Å². The number of anilines is 1. The molecule has 1 saturated heterocycles. The van der Waals surface area contributed by atoms with Gasteiger partial charge in [-0.2, -0.15) is 5.10 Å². The molecule has 1 aliphatic heterocycles. The molecule has 0 aromatic carbocycles. The van der Waals surface area contributed by atoms with Crippen LogP contribution < -0.4 is 17.1 Å². The van der Waals surface area contributed by atoms with Crippen LogP contribution in [0.3, 0.4) is 0 Å². The zero-order valence-electron chi connectivity index (χ0n) is 11.9. The highest BCUT2D eigenvalue weighted by Gasteiger charge is 2.40. The highest BCUT2D eigenvalue weighted by atomic mass is 16.2. The van der Waals surface area contributed by atoms with Gasteiger partial charge in [-0.15, -0.1) is 0 Å². The van der Waals surface area contributed by atoms with Crippen LogP contribution in [0.4, 0.5) is 5.82 Å². The van der Waals surface area contributed by atoms with E-state index in [0.29, 0.717) is 5.82 Å². The summed E-state index contributed by atoms with van der Waals surface area (Å²) in [6, 6.07) is 1.85. The maximum atomic E-state index is 12.6. The van der Waals surface area contributed by atoms with Crippen LogP contribution in [0.2, 0.25) is 0 Å². The van der Waals surface area contributed by atoms with Gasteiger partial charge in [0.1, 0.15) is 11.9 Å². The summed E-state index contributed by atoms with van der Waals surface area (Å²) in [6.45, 7) is 1.49. The topological polar surface area (TPSA) is 144 Å². The Morgan fingerprint density at radius 2 is 2.00 bits per heavy atom. The van der Waals surface area contributed by atoms with Crippen LogP contribution in [-0.2, 0) is 9.59 Å². The van der Waals surface area contributed by atoms with Crippen molar-refractivity contribution in [3.05, 3.63) is 23.9 Å². The Morgan fingerprint density at radius 3 is 2.45 bits per heavy atom. The molecule has 0 aliphatic carbocycles. The number of hydrogen-bond acceptors (Lipinski definition) is 8. The first kappa shape index (κ1) is 15.6. The second-order valence-electron chi connectivity index (χ2n) is 4.77. The van der Waals surface area contributed by atoms with Gasteiger partial charge in [0.05, 0.1) is 5.71 Å². The summed E-state index contributed by atoms with van der Waals surface area (Å²) < 4.78 is 0. The van der Waals surface area contributed by atoms with E-state index >= 15 is 0 Å². The Morgan fingerprint density at radius 1 is 1.36 bits per heavy atom. The number of amides is 2. The van der Waals surface area contributed by atoms with Gasteiger partial charge < -0.3 is 11.3 Å². The molecule has 1 fully saturated rings. The Balaban J connectivity index is 2.38. The number of hydrazone groups is 1. The monoisotopic (exact) mass is 304 g/mol. The van der Waals surface area contributed by atoms with Crippen molar-refractivity contribution in [3.63, 3.8) is 0 Å². The van der Waals surface area contributed by atoms with E-state index in [0.717, 1.165) is 4.90 Å². The van der Waals surface area contributed by atoms with Crippen LogP contribution in [0.5, 0.6) is 0 Å². The number of nitrogens with zero attached hydrogens (tertiary/aromatic N) is 3. The molecule has 0 bridgehead atoms. The summed E-state index contributed by atoms with van der Waals surface area (Å²) in [6.07, 6.45) is 1.46. The molecular formula is C13H16N6O3. The van der Waals surface area contributed by atoms with Crippen LogP contribution in [-0.4, -0.2) is 39.2 Å². The lowest BCUT2D eigenvalue weighted by Crippen LogP contribution is -2.49. The number of hydrogen-bond donors (Lipinski definition) is 3. The fourth-order valence-corrected chi connectivity index (χ4v) is 2.23. The molecule has 116 valence electrons. The third-order valence-electron chi connectivity index (χ3n) is 3.39. The maximum Gasteiger partial charge on any atom is 0.230 e. The zero-order valence-corrected chi connectivity index (χ0v) is 11.9. The van der Waals surface area contributed by atoms with E-state index in [1.165, 1.54) is 25.3 Å². The second kappa shape index (κ2) is 6.31. The predicted octanol–water partition coefficient (Wildman–Crippen LogP) is -0.598. The number of imide groups is 1. The Bertz CT molecular complexity index is 624. The summed E-state index contributed by atoms with van der Waals surface area (Å²) in [5.41, 5.74) is 2.74. The predicted molar refractivity (Wildman–Crippen MR) is 78.5 cm³/mol. The Kier molecular flexibility index (Phi) is 4.47. The summed E-state index contributed by atoms with van der Waals surface area (Å²) in [7, 11) is 0. The van der Waals surface area contributed by atoms with E-state index < -0.39 is 23.6 Å². The lowest BCUT2D eigenvalue weighted by atomic mass is 10.0. The van der Waals surface area contributed by atoms with Gasteiger partial charge in [-0.3, -0.25) is 19.3 Å². The molecule has 5 N–H and O–H groups in total. The number of Topliss-reactive ketones (excluding diaryl/α,β-unsaturated/α-hetero) is 1. The quantitative estimate of drug-likeness (QED) is 0.216. The number of carbonyl (C=O) groups is 3. The van der Waals surface area contributed by atoms with E-state index in [9.17, 15) is 14.4 Å². The Labute approximate surface area is 126 Å². The standard InChI is InChI=1S/C13H16N6O3/c1-7(17-14)12(19-10(20)4-5-11(19)21)13(22)8-2-3-9(18-15)16-6-8/h2-3,6,12H,4-5,14-15H2,1H3,(H,16,18). The highest BCUT2D eigenvalue weighted by molar-refractivity contribution is 6.20. The molecule has 0 radical (unpaired) electrons. The second-order valence-corrected chi connectivity index (χ2v) is 4.77. The van der Waals surface area contributed by atoms with Gasteiger partial charge in [-0.1, -0.05) is 0 Å². The number of hydrazine groups is 1. The minimum Gasteiger partial charge on any atom is -0.323 e. The SMILES string of the molecule is CC(=NN)C(C(=O)c1ccc(NN)nc1)N1C(=O)CCC1=O. The first-order valence-corrected chi connectivity index (χ1v) is 6.55. The lowest BCUT2D eigenvalue weighted by molar-refractivity contribution is -0.138. The van der Waals surface area contributed by atoms with Crippen molar-refractivity contribution < 1.29 is 14.4 Å². The highest BCUT2D eigenvalue weighted by Crippen LogP contribution is 2.20. The average molecular weight is 304 g/mol. The van der Waals surface area contributed by atoms with Gasteiger partial charge in [-0.05, 0) is 19.1 Å². The minimum absolute atomic E-state index is 0.0781. The van der Waals surface area contributed by atoms with Crippen molar-refractivity contribution in [1.29, 1.82) is 0 Å². The first-order valence-electron chi connectivity index (χ1n) is 6.55. The molecule has 1 aliphatic rings. The molecule has 0 spiro atoms. The number of aromatic nitrogens is 1. The third kappa shape index (κ3) is 2.79. The van der Waals surface area contributed by atoms with Gasteiger partial charge in [0, 0.05) is 24.6 Å². The number of nitrogens with two attached hydrogens (primary N) is 2. The van der Waals surface area contributed by atoms with Crippen molar-refractivity contribution in [1.82, 2.24) is 9.88 Å². The fourth-order valence-electron chi connectivity index (χ4n) is 2.23. The first-order chi connectivity index (χ1) is 10.5. The fraction of sp³-hybridized carbons (Fsp3) is 0.308. The lowest BCUT2D eigenvalue weighted by Gasteiger charge is -2.24. The summed E-state index contributed by atoms with van der Waals surface area (Å²) >= 11 is 0. The molecule has 1 aromatic heterocycles. The van der Waals surface area contributed by atoms with Gasteiger partial charge in [-0.25, -0.2) is 10.8 Å². The van der Waals surface area contributed by atoms with Crippen LogP contribution >= 0.6 is 0 Å². The third-order valence-corrected chi connectivity index (χ3v) is 3.39. The number of nitrogens with one attached hydrogen (secondary N) is 1. The number of ketones is 1. The zero-order chi connectivity index (χ0) is 16.3. The van der Waals surface area contributed by atoms with Crippen LogP contribution in [0.15, 0.2) is 23.4 Å². The van der Waals surface area contributed by atoms with Crippen molar-refractivity contribution in [3.8, 4) is 0 Å². The van der Waals surface area contributed by atoms with Crippen LogP contribution in [0.1, 0.15) is 30.1 Å². The molecule has 0 saturated carbocycles. The summed E-state index contributed by atoms with van der Waals surface area (Å²) in [5.74, 6) is 9.51. The minimum atomic E-state index is -1.15. The number of pyridine rings is 1. The summed E-state index contributed by atoms with van der Waals surface area (Å²) in [4.78, 5) is 41.3. The smallest absolute Gasteiger partial charge is 0.230 e. The van der Waals surface area contributed by atoms with E-state index in [2.05, 4.69) is 15.5 Å². The molecule has 9 nitrogen and oxygen atoms in total. The van der Waals surface area contributed by atoms with Crippen molar-refractivity contribution in [2.45, 2.75) is 25.8 Å². The molecule has 1 unspecified atom stereocenters. The van der Waals surface area contributed by atoms with E-state index in [4.69, 9.17) is 11.7 Å². The van der Waals surface area contributed by atoms with Crippen molar-refractivity contribution in [2.24, 2.45) is 16.8 Å². The molecule has 22 heavy (non-hydrogen) atoms. The Hall–Kier alpha value is -2.81. The molecule has 1 aromatic rings. The number of carbonyl (C=O) groups excluding carboxylic acids is 3. The van der Waals surface area contributed by atoms with Gasteiger partial charge in [0.25, 0.3) is 0 Å². The molecule has 9 heteroatoms. The van der Waals surface area contributed by atoms with Gasteiger partial charge in [0.15, 0.2) is 5.78 Å².